The van der Waals surface area contributed by atoms with Gasteiger partial charge in [-0.1, -0.05) is 11.6 Å². The number of rotatable bonds is 4. The number of fused-ring (bicyclic) bond motifs is 1. The normalized spacial score (nSPS) is 19.7. The predicted octanol–water partition coefficient (Wildman–Crippen LogP) is 1.28. The monoisotopic (exact) mass is 372 g/mol. The molecule has 0 bridgehead atoms. The van der Waals surface area contributed by atoms with E-state index in [4.69, 9.17) is 16.0 Å². The second kappa shape index (κ2) is 6.25. The first-order chi connectivity index (χ1) is 11.3. The molecule has 0 saturated carbocycles. The van der Waals surface area contributed by atoms with Crippen molar-refractivity contribution in [1.82, 2.24) is 9.47 Å². The fraction of sp³-hybridized carbons (Fsp3) is 0.467. The molecule has 1 aliphatic rings. The highest BCUT2D eigenvalue weighted by Gasteiger charge is 2.34. The van der Waals surface area contributed by atoms with Crippen molar-refractivity contribution in [1.29, 1.82) is 0 Å². The standard InChI is InChI=1S/C15H17ClN2O5S/c1-2-17(11-5-6-24(21,22)9-11)14(19)8-18-12-4-3-10(16)7-13(12)23-15(18)20/h3-4,7,11H,2,5-6,8-9H2,1H3/t11-/m1/s1. The van der Waals surface area contributed by atoms with Gasteiger partial charge < -0.3 is 9.32 Å². The summed E-state index contributed by atoms with van der Waals surface area (Å²) in [4.78, 5) is 26.1. The van der Waals surface area contributed by atoms with Gasteiger partial charge >= 0.3 is 5.76 Å². The minimum absolute atomic E-state index is 0.0246. The zero-order valence-corrected chi connectivity index (χ0v) is 14.6. The largest absolute Gasteiger partial charge is 0.420 e. The fourth-order valence-electron chi connectivity index (χ4n) is 3.08. The maximum Gasteiger partial charge on any atom is 0.420 e. The summed E-state index contributed by atoms with van der Waals surface area (Å²) < 4.78 is 29.6. The van der Waals surface area contributed by atoms with Gasteiger partial charge in [0.15, 0.2) is 15.4 Å². The van der Waals surface area contributed by atoms with Gasteiger partial charge in [0, 0.05) is 23.7 Å². The third kappa shape index (κ3) is 3.21. The zero-order chi connectivity index (χ0) is 17.5. The lowest BCUT2D eigenvalue weighted by atomic mass is 10.2. The van der Waals surface area contributed by atoms with E-state index in [1.807, 2.05) is 0 Å². The lowest BCUT2D eigenvalue weighted by Gasteiger charge is -2.26. The van der Waals surface area contributed by atoms with Crippen LogP contribution in [-0.4, -0.2) is 47.9 Å². The number of oxazole rings is 1. The summed E-state index contributed by atoms with van der Waals surface area (Å²) in [7, 11) is -3.09. The maximum atomic E-state index is 12.6. The number of likely N-dealkylation sites (N-methyl/N-ethyl adjacent to an activating group) is 1. The van der Waals surface area contributed by atoms with Crippen molar-refractivity contribution in [3.8, 4) is 0 Å². The summed E-state index contributed by atoms with van der Waals surface area (Å²) in [5.41, 5.74) is 0.791. The van der Waals surface area contributed by atoms with Crippen LogP contribution in [0.2, 0.25) is 5.02 Å². The van der Waals surface area contributed by atoms with E-state index in [2.05, 4.69) is 0 Å². The van der Waals surface area contributed by atoms with Crippen LogP contribution in [0.1, 0.15) is 13.3 Å². The molecular weight excluding hydrogens is 356 g/mol. The van der Waals surface area contributed by atoms with Crippen LogP contribution in [0.15, 0.2) is 27.4 Å². The first kappa shape index (κ1) is 17.0. The van der Waals surface area contributed by atoms with Crippen LogP contribution in [0, 0.1) is 0 Å². The molecule has 0 unspecified atom stereocenters. The number of halogens is 1. The first-order valence-corrected chi connectivity index (χ1v) is 9.79. The molecule has 1 fully saturated rings. The average molecular weight is 373 g/mol. The summed E-state index contributed by atoms with van der Waals surface area (Å²) in [6.45, 7) is 1.98. The van der Waals surface area contributed by atoms with Crippen molar-refractivity contribution < 1.29 is 17.6 Å². The highest BCUT2D eigenvalue weighted by molar-refractivity contribution is 7.91. The average Bonchev–Trinajstić information content (AvgIpc) is 3.00. The molecule has 1 amide bonds. The molecule has 0 N–H and O–H groups in total. The second-order valence-electron chi connectivity index (χ2n) is 5.80. The molecular formula is C15H17ClN2O5S. The molecule has 1 saturated heterocycles. The number of hydrogen-bond acceptors (Lipinski definition) is 5. The molecule has 1 aromatic heterocycles. The van der Waals surface area contributed by atoms with E-state index in [0.717, 1.165) is 0 Å². The van der Waals surface area contributed by atoms with E-state index in [1.165, 1.54) is 15.5 Å². The van der Waals surface area contributed by atoms with Gasteiger partial charge in [-0.15, -0.1) is 0 Å². The van der Waals surface area contributed by atoms with Gasteiger partial charge in [0.25, 0.3) is 0 Å². The van der Waals surface area contributed by atoms with Gasteiger partial charge in [-0.2, -0.15) is 0 Å². The molecule has 24 heavy (non-hydrogen) atoms. The number of nitrogens with zero attached hydrogens (tertiary/aromatic N) is 2. The number of benzene rings is 1. The SMILES string of the molecule is CCN(C(=O)Cn1c(=O)oc2cc(Cl)ccc21)[C@@H]1CCS(=O)(=O)C1. The Morgan fingerprint density at radius 3 is 2.83 bits per heavy atom. The van der Waals surface area contributed by atoms with Crippen molar-refractivity contribution in [2.45, 2.75) is 25.9 Å². The number of hydrogen-bond donors (Lipinski definition) is 0. The van der Waals surface area contributed by atoms with Crippen molar-refractivity contribution in [2.75, 3.05) is 18.1 Å². The van der Waals surface area contributed by atoms with Crippen LogP contribution in [0.4, 0.5) is 0 Å². The Balaban J connectivity index is 1.86. The minimum atomic E-state index is -3.09. The number of carbonyl (C=O) groups is 1. The van der Waals surface area contributed by atoms with Crippen LogP contribution < -0.4 is 5.76 Å². The minimum Gasteiger partial charge on any atom is -0.408 e. The second-order valence-corrected chi connectivity index (χ2v) is 8.47. The van der Waals surface area contributed by atoms with Gasteiger partial charge in [-0.3, -0.25) is 9.36 Å². The molecule has 7 nitrogen and oxygen atoms in total. The van der Waals surface area contributed by atoms with Gasteiger partial charge in [-0.05, 0) is 25.5 Å². The summed E-state index contributed by atoms with van der Waals surface area (Å²) in [5.74, 6) is -0.882. The zero-order valence-electron chi connectivity index (χ0n) is 13.1. The predicted molar refractivity (Wildman–Crippen MR) is 89.9 cm³/mol. The van der Waals surface area contributed by atoms with E-state index in [9.17, 15) is 18.0 Å². The Labute approximate surface area is 143 Å². The highest BCUT2D eigenvalue weighted by Crippen LogP contribution is 2.20. The molecule has 3 rings (SSSR count). The van der Waals surface area contributed by atoms with Gasteiger partial charge in [-0.25, -0.2) is 13.2 Å². The summed E-state index contributed by atoms with van der Waals surface area (Å²) in [6, 6.07) is 4.41. The van der Waals surface area contributed by atoms with Crippen LogP contribution in [0.3, 0.4) is 0 Å². The molecule has 9 heteroatoms. The number of amides is 1. The van der Waals surface area contributed by atoms with E-state index in [-0.39, 0.29) is 30.0 Å². The highest BCUT2D eigenvalue weighted by atomic mass is 35.5. The molecule has 0 aliphatic carbocycles. The Morgan fingerprint density at radius 2 is 2.21 bits per heavy atom. The fourth-order valence-corrected chi connectivity index (χ4v) is 4.97. The molecule has 130 valence electrons. The number of carbonyl (C=O) groups excluding carboxylic acids is 1. The van der Waals surface area contributed by atoms with Gasteiger partial charge in [0.2, 0.25) is 5.91 Å². The third-order valence-corrected chi connectivity index (χ3v) is 6.22. The van der Waals surface area contributed by atoms with Crippen LogP contribution in [0.5, 0.6) is 0 Å². The smallest absolute Gasteiger partial charge is 0.408 e. The van der Waals surface area contributed by atoms with Crippen molar-refractivity contribution in [2.24, 2.45) is 0 Å². The van der Waals surface area contributed by atoms with Gasteiger partial charge in [0.1, 0.15) is 6.54 Å². The maximum absolute atomic E-state index is 12.6. The van der Waals surface area contributed by atoms with Crippen LogP contribution >= 0.6 is 11.6 Å². The third-order valence-electron chi connectivity index (χ3n) is 4.23. The molecule has 0 radical (unpaired) electrons. The van der Waals surface area contributed by atoms with Crippen LogP contribution in [0.25, 0.3) is 11.1 Å². The summed E-state index contributed by atoms with van der Waals surface area (Å²) in [6.07, 6.45) is 0.429. The van der Waals surface area contributed by atoms with Crippen molar-refractivity contribution in [3.05, 3.63) is 33.8 Å². The topological polar surface area (TPSA) is 89.6 Å². The molecule has 1 atom stereocenters. The molecule has 1 aliphatic heterocycles. The van der Waals surface area contributed by atoms with Crippen molar-refractivity contribution in [3.63, 3.8) is 0 Å². The molecule has 2 aromatic rings. The van der Waals surface area contributed by atoms with Crippen LogP contribution in [-0.2, 0) is 21.2 Å². The quantitative estimate of drug-likeness (QED) is 0.806. The van der Waals surface area contributed by atoms with Crippen molar-refractivity contribution >= 4 is 38.4 Å². The number of aromatic nitrogens is 1. The molecule has 2 heterocycles. The Hall–Kier alpha value is -1.80. The lowest BCUT2D eigenvalue weighted by molar-refractivity contribution is -0.133. The van der Waals surface area contributed by atoms with E-state index in [1.54, 1.807) is 19.1 Å². The van der Waals surface area contributed by atoms with E-state index < -0.39 is 15.6 Å². The van der Waals surface area contributed by atoms with E-state index >= 15 is 0 Å². The molecule has 1 aromatic carbocycles. The Morgan fingerprint density at radius 1 is 1.46 bits per heavy atom. The summed E-state index contributed by atoms with van der Waals surface area (Å²) in [5, 5.41) is 0.432. The lowest BCUT2D eigenvalue weighted by Crippen LogP contribution is -2.43. The van der Waals surface area contributed by atoms with Gasteiger partial charge in [0.05, 0.1) is 17.0 Å². The Kier molecular flexibility index (Phi) is 4.44. The first-order valence-electron chi connectivity index (χ1n) is 7.59. The number of sulfone groups is 1. The summed E-state index contributed by atoms with van der Waals surface area (Å²) >= 11 is 5.87. The molecule has 0 spiro atoms. The Bertz CT molecular complexity index is 946. The van der Waals surface area contributed by atoms with E-state index in [0.29, 0.717) is 29.1 Å².